The Bertz CT molecular complexity index is 500. The number of rotatable bonds is 3. The Morgan fingerprint density at radius 2 is 2.00 bits per heavy atom. The summed E-state index contributed by atoms with van der Waals surface area (Å²) in [6.45, 7) is 0.893. The van der Waals surface area contributed by atoms with Crippen molar-refractivity contribution in [2.75, 3.05) is 19.6 Å². The van der Waals surface area contributed by atoms with Crippen molar-refractivity contribution in [1.82, 2.24) is 20.3 Å². The molecule has 3 saturated heterocycles. The summed E-state index contributed by atoms with van der Waals surface area (Å²) in [7, 11) is 0. The number of likely N-dealkylation sites (tertiary alicyclic amines) is 1. The lowest BCUT2D eigenvalue weighted by atomic mass is 10.0. The number of nitrogens with zero attached hydrogens (tertiary/aromatic N) is 3. The molecule has 0 aromatic carbocycles. The molecule has 10 nitrogen and oxygen atoms in total. The molecule has 3 atom stereocenters. The number of amides is 4. The highest BCUT2D eigenvalue weighted by Gasteiger charge is 2.47. The van der Waals surface area contributed by atoms with Crippen LogP contribution in [-0.2, 0) is 9.63 Å². The van der Waals surface area contributed by atoms with E-state index in [-0.39, 0.29) is 18.7 Å². The molecule has 0 radical (unpaired) electrons. The van der Waals surface area contributed by atoms with Gasteiger partial charge in [-0.1, -0.05) is 0 Å². The number of hydrogen-bond donors (Lipinski definition) is 3. The number of urea groups is 1. The molecule has 3 aliphatic rings. The third-order valence-corrected chi connectivity index (χ3v) is 4.39. The average molecular weight is 314 g/mol. The van der Waals surface area contributed by atoms with Crippen LogP contribution in [0.1, 0.15) is 19.3 Å². The highest BCUT2D eigenvalue weighted by Crippen LogP contribution is 2.28. The van der Waals surface area contributed by atoms with Gasteiger partial charge in [0.2, 0.25) is 0 Å². The Labute approximate surface area is 126 Å². The molecule has 0 saturated carbocycles. The summed E-state index contributed by atoms with van der Waals surface area (Å²) in [5.41, 5.74) is 2.32. The first-order valence-corrected chi connectivity index (χ1v) is 7.19. The summed E-state index contributed by atoms with van der Waals surface area (Å²) >= 11 is 0. The number of piperidine rings is 1. The van der Waals surface area contributed by atoms with E-state index < -0.39 is 24.1 Å². The van der Waals surface area contributed by atoms with Crippen molar-refractivity contribution in [3.63, 3.8) is 0 Å². The van der Waals surface area contributed by atoms with E-state index >= 15 is 0 Å². The molecule has 0 unspecified atom stereocenters. The Morgan fingerprint density at radius 3 is 2.68 bits per heavy atom. The van der Waals surface area contributed by atoms with Crippen LogP contribution in [0.25, 0.3) is 0 Å². The molecule has 22 heavy (non-hydrogen) atoms. The first kappa shape index (κ1) is 14.9. The molecule has 3 N–H and O–H groups in total. The average Bonchev–Trinajstić information content (AvgIpc) is 3.06. The minimum absolute atomic E-state index is 0.204. The van der Waals surface area contributed by atoms with Gasteiger partial charge in [-0.05, 0) is 19.3 Å². The van der Waals surface area contributed by atoms with Gasteiger partial charge < -0.3 is 14.9 Å². The van der Waals surface area contributed by atoms with Crippen LogP contribution in [0, 0.1) is 0 Å². The first-order valence-electron chi connectivity index (χ1n) is 7.19. The Hall–Kier alpha value is -2.07. The standard InChI is InChI=1S/C12H18N4O6/c17-10(13-22-8-3-4-14(6-8)12(19)20)9-2-1-7-5-15(9)11(18)16(7)21/h7-9,21H,1-6H2,(H,13,17)(H,19,20)/t7-,8+,9+/m1/s1. The number of nitrogens with one attached hydrogen (secondary N) is 1. The zero-order valence-corrected chi connectivity index (χ0v) is 11.8. The van der Waals surface area contributed by atoms with Crippen LogP contribution in [0.3, 0.4) is 0 Å². The van der Waals surface area contributed by atoms with E-state index in [1.807, 2.05) is 0 Å². The lowest BCUT2D eigenvalue weighted by Crippen LogP contribution is -2.50. The molecule has 0 aliphatic carbocycles. The van der Waals surface area contributed by atoms with Crippen molar-refractivity contribution in [2.24, 2.45) is 0 Å². The normalized spacial score (nSPS) is 30.9. The van der Waals surface area contributed by atoms with Crippen molar-refractivity contribution >= 4 is 18.0 Å². The second kappa shape index (κ2) is 5.61. The third-order valence-electron chi connectivity index (χ3n) is 4.39. The van der Waals surface area contributed by atoms with Gasteiger partial charge in [0.05, 0.1) is 12.6 Å². The van der Waals surface area contributed by atoms with Gasteiger partial charge in [-0.2, -0.15) is 0 Å². The summed E-state index contributed by atoms with van der Waals surface area (Å²) in [4.78, 5) is 42.5. The van der Waals surface area contributed by atoms with Gasteiger partial charge in [0.1, 0.15) is 12.1 Å². The fourth-order valence-corrected chi connectivity index (χ4v) is 3.13. The minimum Gasteiger partial charge on any atom is -0.465 e. The lowest BCUT2D eigenvalue weighted by Gasteiger charge is -2.29. The quantitative estimate of drug-likeness (QED) is 0.474. The zero-order chi connectivity index (χ0) is 15.9. The Kier molecular flexibility index (Phi) is 3.79. The topological polar surface area (TPSA) is 123 Å². The molecular formula is C12H18N4O6. The smallest absolute Gasteiger partial charge is 0.407 e. The van der Waals surface area contributed by atoms with E-state index in [2.05, 4.69) is 5.48 Å². The summed E-state index contributed by atoms with van der Waals surface area (Å²) < 4.78 is 0. The van der Waals surface area contributed by atoms with Gasteiger partial charge >= 0.3 is 12.1 Å². The molecule has 10 heteroatoms. The predicted molar refractivity (Wildman–Crippen MR) is 69.8 cm³/mol. The molecule has 3 aliphatic heterocycles. The van der Waals surface area contributed by atoms with Crippen LogP contribution >= 0.6 is 0 Å². The second-order valence-corrected chi connectivity index (χ2v) is 5.75. The van der Waals surface area contributed by atoms with E-state index in [1.165, 1.54) is 9.80 Å². The van der Waals surface area contributed by atoms with Gasteiger partial charge in [0.25, 0.3) is 5.91 Å². The van der Waals surface area contributed by atoms with Crippen molar-refractivity contribution in [2.45, 2.75) is 37.5 Å². The van der Waals surface area contributed by atoms with Gasteiger partial charge in [-0.3, -0.25) is 14.8 Å². The molecular weight excluding hydrogens is 296 g/mol. The number of hydrogen-bond acceptors (Lipinski definition) is 5. The second-order valence-electron chi connectivity index (χ2n) is 5.75. The lowest BCUT2D eigenvalue weighted by molar-refractivity contribution is -0.143. The summed E-state index contributed by atoms with van der Waals surface area (Å²) in [5.74, 6) is -0.448. The maximum absolute atomic E-state index is 12.2. The molecule has 122 valence electrons. The maximum atomic E-state index is 12.2. The number of carbonyl (C=O) groups is 3. The first-order chi connectivity index (χ1) is 10.5. The number of carboxylic acid groups (broad SMARTS) is 1. The van der Waals surface area contributed by atoms with E-state index in [4.69, 9.17) is 9.94 Å². The van der Waals surface area contributed by atoms with Crippen LogP contribution in [0.2, 0.25) is 0 Å². The van der Waals surface area contributed by atoms with Crippen molar-refractivity contribution in [1.29, 1.82) is 0 Å². The molecule has 2 bridgehead atoms. The van der Waals surface area contributed by atoms with E-state index in [1.54, 1.807) is 0 Å². The molecule has 0 aromatic rings. The number of hydroxylamine groups is 3. The SMILES string of the molecule is O=C(NO[C@H]1CCN(C(=O)O)C1)[C@@H]1CC[C@@H]2CN1C(=O)N2O. The van der Waals surface area contributed by atoms with Crippen molar-refractivity contribution in [3.05, 3.63) is 0 Å². The number of fused-ring (bicyclic) bond motifs is 2. The van der Waals surface area contributed by atoms with Gasteiger partial charge in [-0.25, -0.2) is 20.1 Å². The monoisotopic (exact) mass is 314 g/mol. The van der Waals surface area contributed by atoms with Crippen LogP contribution in [-0.4, -0.2) is 81.0 Å². The van der Waals surface area contributed by atoms with E-state index in [0.29, 0.717) is 37.4 Å². The predicted octanol–water partition coefficient (Wildman–Crippen LogP) is -0.556. The van der Waals surface area contributed by atoms with Gasteiger partial charge in [0.15, 0.2) is 0 Å². The Morgan fingerprint density at radius 1 is 1.23 bits per heavy atom. The molecule has 3 heterocycles. The van der Waals surface area contributed by atoms with Crippen LogP contribution in [0.5, 0.6) is 0 Å². The molecule has 4 amide bonds. The Balaban J connectivity index is 1.51. The highest BCUT2D eigenvalue weighted by atomic mass is 16.7. The molecule has 0 aromatic heterocycles. The van der Waals surface area contributed by atoms with Crippen LogP contribution in [0.4, 0.5) is 9.59 Å². The third kappa shape index (κ3) is 2.55. The zero-order valence-electron chi connectivity index (χ0n) is 11.8. The van der Waals surface area contributed by atoms with Crippen molar-refractivity contribution in [3.8, 4) is 0 Å². The maximum Gasteiger partial charge on any atom is 0.407 e. The summed E-state index contributed by atoms with van der Waals surface area (Å²) in [5, 5.41) is 19.1. The van der Waals surface area contributed by atoms with Crippen LogP contribution in [0.15, 0.2) is 0 Å². The minimum atomic E-state index is -1.01. The molecule has 3 rings (SSSR count). The van der Waals surface area contributed by atoms with E-state index in [0.717, 1.165) is 0 Å². The fourth-order valence-electron chi connectivity index (χ4n) is 3.13. The van der Waals surface area contributed by atoms with Crippen molar-refractivity contribution < 1.29 is 29.5 Å². The summed E-state index contributed by atoms with van der Waals surface area (Å²) in [6, 6.07) is -1.49. The highest BCUT2D eigenvalue weighted by molar-refractivity contribution is 5.87. The molecule has 3 fully saturated rings. The molecule has 0 spiro atoms. The van der Waals surface area contributed by atoms with Crippen LogP contribution < -0.4 is 5.48 Å². The van der Waals surface area contributed by atoms with Gasteiger partial charge in [-0.15, -0.1) is 0 Å². The van der Waals surface area contributed by atoms with Gasteiger partial charge in [0, 0.05) is 13.1 Å². The fraction of sp³-hybridized carbons (Fsp3) is 0.750. The van der Waals surface area contributed by atoms with E-state index in [9.17, 15) is 19.6 Å². The summed E-state index contributed by atoms with van der Waals surface area (Å²) in [6.07, 6.45) is 0.107. The largest absolute Gasteiger partial charge is 0.465 e. The number of carbonyl (C=O) groups excluding carboxylic acids is 2.